The second-order valence-corrected chi connectivity index (χ2v) is 6.06. The van der Waals surface area contributed by atoms with Crippen LogP contribution in [0.1, 0.15) is 25.2 Å². The minimum atomic E-state index is 0.497. The maximum absolute atomic E-state index is 5.38. The fourth-order valence-electron chi connectivity index (χ4n) is 2.72. The molecule has 2 rings (SSSR count). The van der Waals surface area contributed by atoms with Gasteiger partial charge in [0.1, 0.15) is 12.9 Å². The Balaban J connectivity index is 2.02. The van der Waals surface area contributed by atoms with E-state index in [-0.39, 0.29) is 0 Å². The summed E-state index contributed by atoms with van der Waals surface area (Å²) in [6.07, 6.45) is 2.60. The van der Waals surface area contributed by atoms with E-state index >= 15 is 0 Å². The number of hydrogen-bond acceptors (Lipinski definition) is 5. The first-order valence-corrected chi connectivity index (χ1v) is 9.19. The van der Waals surface area contributed by atoms with Gasteiger partial charge in [0, 0.05) is 26.7 Å². The molecule has 0 radical (unpaired) electrons. The predicted octanol–water partition coefficient (Wildman–Crippen LogP) is 1.96. The van der Waals surface area contributed by atoms with Gasteiger partial charge in [-0.1, -0.05) is 6.07 Å². The summed E-state index contributed by atoms with van der Waals surface area (Å²) in [6.45, 7) is 7.09. The van der Waals surface area contributed by atoms with Crippen molar-refractivity contribution in [2.24, 2.45) is 4.99 Å². The standard InChI is InChI=1S/C19H30N6O2/c1-6-20-19(21-13-18-23-22-14-25(18)7-2)24(3)11-10-15-8-9-16(26-4)17(12-15)27-5/h8-9,12,14H,6-7,10-11,13H2,1-5H3,(H,20,21). The molecular formula is C19H30N6O2. The van der Waals surface area contributed by atoms with Crippen molar-refractivity contribution >= 4 is 5.96 Å². The second-order valence-electron chi connectivity index (χ2n) is 6.06. The molecule has 0 aliphatic carbocycles. The van der Waals surface area contributed by atoms with Crippen LogP contribution < -0.4 is 14.8 Å². The maximum atomic E-state index is 5.38. The Hall–Kier alpha value is -2.77. The topological polar surface area (TPSA) is 76.8 Å². The Morgan fingerprint density at radius 2 is 2.00 bits per heavy atom. The van der Waals surface area contributed by atoms with E-state index in [2.05, 4.69) is 40.3 Å². The molecule has 1 aromatic heterocycles. The van der Waals surface area contributed by atoms with Gasteiger partial charge in [-0.3, -0.25) is 0 Å². The highest BCUT2D eigenvalue weighted by Crippen LogP contribution is 2.27. The predicted molar refractivity (Wildman–Crippen MR) is 106 cm³/mol. The molecule has 0 saturated heterocycles. The first-order valence-electron chi connectivity index (χ1n) is 9.19. The van der Waals surface area contributed by atoms with Gasteiger partial charge in [-0.15, -0.1) is 10.2 Å². The molecule has 0 saturated carbocycles. The highest BCUT2D eigenvalue weighted by molar-refractivity contribution is 5.79. The van der Waals surface area contributed by atoms with Crippen molar-refractivity contribution in [1.82, 2.24) is 25.0 Å². The zero-order chi connectivity index (χ0) is 19.6. The molecule has 0 atom stereocenters. The number of likely N-dealkylation sites (N-methyl/N-ethyl adjacent to an activating group) is 1. The summed E-state index contributed by atoms with van der Waals surface area (Å²) in [7, 11) is 5.33. The molecular weight excluding hydrogens is 344 g/mol. The normalized spacial score (nSPS) is 11.4. The molecule has 0 aliphatic heterocycles. The van der Waals surface area contributed by atoms with E-state index in [0.29, 0.717) is 6.54 Å². The lowest BCUT2D eigenvalue weighted by molar-refractivity contribution is 0.354. The number of nitrogens with one attached hydrogen (secondary N) is 1. The quantitative estimate of drug-likeness (QED) is 0.534. The van der Waals surface area contributed by atoms with Crippen molar-refractivity contribution in [3.05, 3.63) is 35.9 Å². The van der Waals surface area contributed by atoms with Crippen LogP contribution >= 0.6 is 0 Å². The summed E-state index contributed by atoms with van der Waals surface area (Å²) in [5.74, 6) is 3.20. The Bertz CT molecular complexity index is 744. The largest absolute Gasteiger partial charge is 0.493 e. The molecule has 2 aromatic rings. The van der Waals surface area contributed by atoms with Crippen molar-refractivity contribution in [3.8, 4) is 11.5 Å². The second kappa shape index (κ2) is 10.4. The van der Waals surface area contributed by atoms with Crippen LogP contribution in [0.4, 0.5) is 0 Å². The minimum absolute atomic E-state index is 0.497. The summed E-state index contributed by atoms with van der Waals surface area (Å²) < 4.78 is 12.7. The van der Waals surface area contributed by atoms with Crippen molar-refractivity contribution in [2.75, 3.05) is 34.4 Å². The molecule has 0 amide bonds. The third kappa shape index (κ3) is 5.60. The van der Waals surface area contributed by atoms with Crippen LogP contribution in [0.25, 0.3) is 0 Å². The highest BCUT2D eigenvalue weighted by Gasteiger charge is 2.09. The van der Waals surface area contributed by atoms with E-state index in [1.807, 2.05) is 23.7 Å². The van der Waals surface area contributed by atoms with Gasteiger partial charge in [-0.05, 0) is 38.0 Å². The summed E-state index contributed by atoms with van der Waals surface area (Å²) in [4.78, 5) is 6.82. The Kier molecular flexibility index (Phi) is 7.91. The van der Waals surface area contributed by atoms with E-state index in [4.69, 9.17) is 14.5 Å². The first kappa shape index (κ1) is 20.5. The van der Waals surface area contributed by atoms with Crippen LogP contribution in [0, 0.1) is 0 Å². The average Bonchev–Trinajstić information content (AvgIpc) is 3.16. The smallest absolute Gasteiger partial charge is 0.194 e. The lowest BCUT2D eigenvalue weighted by Crippen LogP contribution is -2.40. The molecule has 0 bridgehead atoms. The summed E-state index contributed by atoms with van der Waals surface area (Å²) in [5.41, 5.74) is 1.18. The number of benzene rings is 1. The van der Waals surface area contributed by atoms with Gasteiger partial charge in [0.15, 0.2) is 23.3 Å². The number of nitrogens with zero attached hydrogens (tertiary/aromatic N) is 5. The maximum Gasteiger partial charge on any atom is 0.194 e. The van der Waals surface area contributed by atoms with Crippen molar-refractivity contribution in [1.29, 1.82) is 0 Å². The molecule has 0 fully saturated rings. The van der Waals surface area contributed by atoms with Crippen molar-refractivity contribution in [2.45, 2.75) is 33.4 Å². The van der Waals surface area contributed by atoms with E-state index in [9.17, 15) is 0 Å². The molecule has 1 heterocycles. The lowest BCUT2D eigenvalue weighted by atomic mass is 10.1. The molecule has 8 nitrogen and oxygen atoms in total. The molecule has 8 heteroatoms. The monoisotopic (exact) mass is 374 g/mol. The van der Waals surface area contributed by atoms with Crippen LogP contribution in [-0.2, 0) is 19.5 Å². The third-order valence-electron chi connectivity index (χ3n) is 4.29. The fourth-order valence-corrected chi connectivity index (χ4v) is 2.72. The number of rotatable bonds is 9. The zero-order valence-corrected chi connectivity index (χ0v) is 16.9. The summed E-state index contributed by atoms with van der Waals surface area (Å²) in [5, 5.41) is 11.4. The van der Waals surface area contributed by atoms with Crippen LogP contribution in [0.2, 0.25) is 0 Å². The number of methoxy groups -OCH3 is 2. The number of ether oxygens (including phenoxy) is 2. The lowest BCUT2D eigenvalue weighted by Gasteiger charge is -2.22. The van der Waals surface area contributed by atoms with Crippen LogP contribution in [0.15, 0.2) is 29.5 Å². The van der Waals surface area contributed by atoms with Gasteiger partial charge in [0.05, 0.1) is 14.2 Å². The summed E-state index contributed by atoms with van der Waals surface area (Å²) >= 11 is 0. The minimum Gasteiger partial charge on any atom is -0.493 e. The van der Waals surface area contributed by atoms with Gasteiger partial charge in [-0.25, -0.2) is 4.99 Å². The number of aryl methyl sites for hydroxylation is 1. The van der Waals surface area contributed by atoms with Crippen molar-refractivity contribution in [3.63, 3.8) is 0 Å². The molecule has 27 heavy (non-hydrogen) atoms. The molecule has 0 spiro atoms. The van der Waals surface area contributed by atoms with Crippen LogP contribution in [0.3, 0.4) is 0 Å². The average molecular weight is 374 g/mol. The van der Waals surface area contributed by atoms with E-state index in [1.54, 1.807) is 20.5 Å². The van der Waals surface area contributed by atoms with Gasteiger partial charge in [0.25, 0.3) is 0 Å². The fraction of sp³-hybridized carbons (Fsp3) is 0.526. The molecule has 1 N–H and O–H groups in total. The van der Waals surface area contributed by atoms with Gasteiger partial charge >= 0.3 is 0 Å². The third-order valence-corrected chi connectivity index (χ3v) is 4.29. The SMILES string of the molecule is CCNC(=NCc1nncn1CC)N(C)CCc1ccc(OC)c(OC)c1. The van der Waals surface area contributed by atoms with Crippen LogP contribution in [-0.4, -0.2) is 60.0 Å². The van der Waals surface area contributed by atoms with Crippen molar-refractivity contribution < 1.29 is 9.47 Å². The Morgan fingerprint density at radius 1 is 1.22 bits per heavy atom. The Morgan fingerprint density at radius 3 is 2.67 bits per heavy atom. The highest BCUT2D eigenvalue weighted by atomic mass is 16.5. The van der Waals surface area contributed by atoms with Gasteiger partial charge in [0.2, 0.25) is 0 Å². The van der Waals surface area contributed by atoms with E-state index < -0.39 is 0 Å². The van der Waals surface area contributed by atoms with E-state index in [1.165, 1.54) is 5.56 Å². The molecule has 148 valence electrons. The van der Waals surface area contributed by atoms with E-state index in [0.717, 1.165) is 49.3 Å². The van der Waals surface area contributed by atoms with Crippen LogP contribution in [0.5, 0.6) is 11.5 Å². The number of aliphatic imine (C=N–C) groups is 1. The van der Waals surface area contributed by atoms with Gasteiger partial charge in [-0.2, -0.15) is 0 Å². The number of aromatic nitrogens is 3. The molecule has 1 aromatic carbocycles. The molecule has 0 unspecified atom stereocenters. The first-order chi connectivity index (χ1) is 13.1. The summed E-state index contributed by atoms with van der Waals surface area (Å²) in [6, 6.07) is 6.01. The zero-order valence-electron chi connectivity index (χ0n) is 16.9. The number of hydrogen-bond donors (Lipinski definition) is 1. The number of guanidine groups is 1. The molecule has 0 aliphatic rings. The Labute approximate surface area is 161 Å². The van der Waals surface area contributed by atoms with Gasteiger partial charge < -0.3 is 24.3 Å².